The van der Waals surface area contributed by atoms with Crippen LogP contribution < -0.4 is 4.74 Å². The molecule has 7 heteroatoms. The van der Waals surface area contributed by atoms with Crippen LogP contribution in [-0.4, -0.2) is 40.8 Å². The summed E-state index contributed by atoms with van der Waals surface area (Å²) in [6.07, 6.45) is -0.363. The highest BCUT2D eigenvalue weighted by atomic mass is 35.5. The molecule has 118 valence electrons. The fourth-order valence-corrected chi connectivity index (χ4v) is 2.31. The molecule has 1 aliphatic rings. The molecular weight excluding hydrogens is 308 g/mol. The SMILES string of the molecule is CC(C)(C)OC(=O)N1CC(Oc2ccc3oc(Cl)nc3c2)C1. The molecule has 0 N–H and O–H groups in total. The van der Waals surface area contributed by atoms with Crippen molar-refractivity contribution in [1.29, 1.82) is 0 Å². The standard InChI is InChI=1S/C15H17ClN2O4/c1-15(2,3)22-14(19)18-7-10(8-18)20-9-4-5-12-11(6-9)17-13(16)21-12/h4-6,10H,7-8H2,1-3H3. The maximum absolute atomic E-state index is 11.8. The number of benzene rings is 1. The fraction of sp³-hybridized carbons (Fsp3) is 0.467. The Kier molecular flexibility index (Phi) is 3.64. The van der Waals surface area contributed by atoms with E-state index in [1.165, 1.54) is 0 Å². The predicted molar refractivity (Wildman–Crippen MR) is 81.2 cm³/mol. The Balaban J connectivity index is 1.56. The molecule has 2 aromatic rings. The zero-order chi connectivity index (χ0) is 15.9. The van der Waals surface area contributed by atoms with Crippen LogP contribution in [0, 0.1) is 0 Å². The molecule has 1 amide bonds. The molecule has 22 heavy (non-hydrogen) atoms. The quantitative estimate of drug-likeness (QED) is 0.846. The van der Waals surface area contributed by atoms with Gasteiger partial charge < -0.3 is 18.8 Å². The first-order valence-electron chi connectivity index (χ1n) is 7.01. The Hall–Kier alpha value is -1.95. The van der Waals surface area contributed by atoms with E-state index >= 15 is 0 Å². The summed E-state index contributed by atoms with van der Waals surface area (Å²) < 4.78 is 16.3. The van der Waals surface area contributed by atoms with Gasteiger partial charge in [0, 0.05) is 6.07 Å². The van der Waals surface area contributed by atoms with E-state index in [9.17, 15) is 4.79 Å². The lowest BCUT2D eigenvalue weighted by atomic mass is 10.1. The van der Waals surface area contributed by atoms with Gasteiger partial charge in [-0.15, -0.1) is 0 Å². The number of oxazole rings is 1. The molecule has 2 heterocycles. The average molecular weight is 325 g/mol. The lowest BCUT2D eigenvalue weighted by molar-refractivity contribution is -0.0221. The highest BCUT2D eigenvalue weighted by molar-refractivity contribution is 6.28. The van der Waals surface area contributed by atoms with E-state index in [2.05, 4.69) is 4.98 Å². The number of hydrogen-bond acceptors (Lipinski definition) is 5. The van der Waals surface area contributed by atoms with Gasteiger partial charge in [-0.1, -0.05) is 0 Å². The van der Waals surface area contributed by atoms with Gasteiger partial charge in [-0.3, -0.25) is 0 Å². The second-order valence-corrected chi connectivity index (χ2v) is 6.54. The van der Waals surface area contributed by atoms with Gasteiger partial charge in [0.1, 0.15) is 23.0 Å². The minimum Gasteiger partial charge on any atom is -0.487 e. The van der Waals surface area contributed by atoms with Crippen molar-refractivity contribution in [2.75, 3.05) is 13.1 Å². The highest BCUT2D eigenvalue weighted by Crippen LogP contribution is 2.26. The normalized spacial score (nSPS) is 15.7. The minimum atomic E-state index is -0.486. The molecule has 1 aromatic heterocycles. The van der Waals surface area contributed by atoms with Gasteiger partial charge in [-0.25, -0.2) is 4.79 Å². The lowest BCUT2D eigenvalue weighted by Crippen LogP contribution is -2.57. The number of carbonyl (C=O) groups excluding carboxylic acids is 1. The van der Waals surface area contributed by atoms with Crippen LogP contribution >= 0.6 is 11.6 Å². The summed E-state index contributed by atoms with van der Waals surface area (Å²) in [6.45, 7) is 6.55. The molecule has 0 unspecified atom stereocenters. The van der Waals surface area contributed by atoms with Crippen molar-refractivity contribution in [3.8, 4) is 5.75 Å². The Labute approximate surface area is 132 Å². The number of amides is 1. The van der Waals surface area contributed by atoms with Gasteiger partial charge >= 0.3 is 6.09 Å². The van der Waals surface area contributed by atoms with Crippen molar-refractivity contribution < 1.29 is 18.7 Å². The summed E-state index contributed by atoms with van der Waals surface area (Å²) in [5, 5.41) is 0.104. The molecular formula is C15H17ClN2O4. The Bertz CT molecular complexity index is 701. The smallest absolute Gasteiger partial charge is 0.410 e. The van der Waals surface area contributed by atoms with Gasteiger partial charge in [0.05, 0.1) is 13.1 Å². The minimum absolute atomic E-state index is 0.0488. The van der Waals surface area contributed by atoms with E-state index in [1.54, 1.807) is 23.1 Å². The second-order valence-electron chi connectivity index (χ2n) is 6.22. The van der Waals surface area contributed by atoms with E-state index in [-0.39, 0.29) is 17.5 Å². The Morgan fingerprint density at radius 3 is 2.82 bits per heavy atom. The molecule has 1 saturated heterocycles. The first kappa shape index (κ1) is 15.0. The van der Waals surface area contributed by atoms with E-state index in [0.717, 1.165) is 0 Å². The first-order chi connectivity index (χ1) is 10.3. The molecule has 0 spiro atoms. The van der Waals surface area contributed by atoms with Crippen molar-refractivity contribution in [2.45, 2.75) is 32.5 Å². The third-order valence-corrected chi connectivity index (χ3v) is 3.30. The van der Waals surface area contributed by atoms with E-state index in [1.807, 2.05) is 20.8 Å². The summed E-state index contributed by atoms with van der Waals surface area (Å²) in [5.74, 6) is 0.673. The number of rotatable bonds is 2. The van der Waals surface area contributed by atoms with E-state index in [4.69, 9.17) is 25.5 Å². The number of fused-ring (bicyclic) bond motifs is 1. The number of aromatic nitrogens is 1. The number of likely N-dealkylation sites (tertiary alicyclic amines) is 1. The summed E-state index contributed by atoms with van der Waals surface area (Å²) in [4.78, 5) is 17.5. The third-order valence-electron chi connectivity index (χ3n) is 3.14. The summed E-state index contributed by atoms with van der Waals surface area (Å²) in [6, 6.07) is 5.31. The van der Waals surface area contributed by atoms with Gasteiger partial charge in [0.15, 0.2) is 5.58 Å². The van der Waals surface area contributed by atoms with Crippen LogP contribution in [-0.2, 0) is 4.74 Å². The maximum atomic E-state index is 11.8. The van der Waals surface area contributed by atoms with Crippen molar-refractivity contribution in [1.82, 2.24) is 9.88 Å². The largest absolute Gasteiger partial charge is 0.487 e. The molecule has 3 rings (SSSR count). The van der Waals surface area contributed by atoms with Crippen LogP contribution in [0.5, 0.6) is 5.75 Å². The molecule has 0 aliphatic carbocycles. The van der Waals surface area contributed by atoms with Gasteiger partial charge in [-0.05, 0) is 44.5 Å². The van der Waals surface area contributed by atoms with Crippen molar-refractivity contribution in [3.05, 3.63) is 23.5 Å². The zero-order valence-corrected chi connectivity index (χ0v) is 13.4. The molecule has 1 fully saturated rings. The zero-order valence-electron chi connectivity index (χ0n) is 12.6. The summed E-state index contributed by atoms with van der Waals surface area (Å²) in [7, 11) is 0. The van der Waals surface area contributed by atoms with Crippen LogP contribution in [0.3, 0.4) is 0 Å². The summed E-state index contributed by atoms with van der Waals surface area (Å²) in [5.41, 5.74) is 0.771. The van der Waals surface area contributed by atoms with Crippen molar-refractivity contribution >= 4 is 28.8 Å². The van der Waals surface area contributed by atoms with Crippen molar-refractivity contribution in [2.24, 2.45) is 0 Å². The number of nitrogens with zero attached hydrogens (tertiary/aromatic N) is 2. The van der Waals surface area contributed by atoms with Crippen LogP contribution in [0.4, 0.5) is 4.79 Å². The van der Waals surface area contributed by atoms with Crippen molar-refractivity contribution in [3.63, 3.8) is 0 Å². The number of halogens is 1. The first-order valence-corrected chi connectivity index (χ1v) is 7.39. The molecule has 1 aromatic carbocycles. The average Bonchev–Trinajstić information content (AvgIpc) is 2.70. The lowest BCUT2D eigenvalue weighted by Gasteiger charge is -2.39. The predicted octanol–water partition coefficient (Wildman–Crippen LogP) is 3.48. The Morgan fingerprint density at radius 2 is 2.14 bits per heavy atom. The van der Waals surface area contributed by atoms with Gasteiger partial charge in [-0.2, -0.15) is 4.98 Å². The van der Waals surface area contributed by atoms with Crippen LogP contribution in [0.1, 0.15) is 20.8 Å². The Morgan fingerprint density at radius 1 is 1.41 bits per heavy atom. The summed E-state index contributed by atoms with van der Waals surface area (Å²) >= 11 is 5.71. The molecule has 0 radical (unpaired) electrons. The third kappa shape index (κ3) is 3.27. The molecule has 6 nitrogen and oxygen atoms in total. The molecule has 0 atom stereocenters. The van der Waals surface area contributed by atoms with Gasteiger partial charge in [0.25, 0.3) is 5.35 Å². The van der Waals surface area contributed by atoms with Crippen LogP contribution in [0.15, 0.2) is 22.6 Å². The molecule has 1 aliphatic heterocycles. The number of hydrogen-bond donors (Lipinski definition) is 0. The van der Waals surface area contributed by atoms with E-state index in [0.29, 0.717) is 29.9 Å². The maximum Gasteiger partial charge on any atom is 0.410 e. The topological polar surface area (TPSA) is 64.8 Å². The number of carbonyl (C=O) groups is 1. The highest BCUT2D eigenvalue weighted by Gasteiger charge is 2.35. The van der Waals surface area contributed by atoms with Gasteiger partial charge in [0.2, 0.25) is 0 Å². The molecule has 0 bridgehead atoms. The number of ether oxygens (including phenoxy) is 2. The van der Waals surface area contributed by atoms with E-state index < -0.39 is 5.60 Å². The van der Waals surface area contributed by atoms with Crippen LogP contribution in [0.25, 0.3) is 11.1 Å². The molecule has 0 saturated carbocycles. The monoisotopic (exact) mass is 324 g/mol. The fourth-order valence-electron chi connectivity index (χ4n) is 2.13. The second kappa shape index (κ2) is 5.35. The van der Waals surface area contributed by atoms with Crippen LogP contribution in [0.2, 0.25) is 5.35 Å².